The number of furan rings is 1. The second kappa shape index (κ2) is 15.4. The molecule has 0 saturated heterocycles. The van der Waals surface area contributed by atoms with Crippen molar-refractivity contribution in [2.45, 2.75) is 0 Å². The first kappa shape index (κ1) is 48.1. The van der Waals surface area contributed by atoms with E-state index in [1.807, 2.05) is 0 Å². The van der Waals surface area contributed by atoms with E-state index < -0.39 is 272 Å². The zero-order valence-corrected chi connectivity index (χ0v) is 37.4. The van der Waals surface area contributed by atoms with Crippen LogP contribution in [0.1, 0.15) is 1.37 Å². The van der Waals surface area contributed by atoms with Gasteiger partial charge < -0.3 is 153 Å². The first-order chi connectivity index (χ1) is 36.8. The van der Waals surface area contributed by atoms with Gasteiger partial charge in [0.1, 0.15) is 17.2 Å². The average Bonchev–Trinajstić information content (AvgIpc) is 3.56. The molecule has 30 heteroatoms. The molecule has 0 amide bonds. The van der Waals surface area contributed by atoms with Crippen molar-refractivity contribution in [2.75, 3.05) is 0 Å². The minimum atomic E-state index is -1.95. The minimum Gasteiger partial charge on any atom is -0.507 e. The maximum Gasteiger partial charge on any atom is 0.208 e. The Labute approximate surface area is 424 Å². The van der Waals surface area contributed by atoms with Crippen molar-refractivity contribution >= 4 is 54.3 Å². The zero-order chi connectivity index (χ0) is 58.4. The van der Waals surface area contributed by atoms with Crippen LogP contribution in [0.25, 0.3) is 98.8 Å². The monoisotopic (exact) mass is 1090 g/mol. The van der Waals surface area contributed by atoms with Crippen LogP contribution in [0, 0.1) is 0 Å². The molecule has 0 aliphatic heterocycles. The normalized spacial score (nSPS) is 12.0. The SMILES string of the molecule is [2H]c1c(O)c(-c2c(O)c(O)c(O)c(O)c2O)c(O)c(O)c1-c1c(O)c(O)c(O)c(O)c1-c1c2c(O)c(O)c(O)c(O)c2c(-c2c(O)c(O)c3oc4c(O)c5c(O)c(O)c(O)c(O)c5c(O)c4c3c2O)c2c(O)c(O)c(O)c(O)c12. The van der Waals surface area contributed by atoms with Crippen LogP contribution in [0.2, 0.25) is 0 Å². The van der Waals surface area contributed by atoms with E-state index in [-0.39, 0.29) is 0 Å². The molecule has 1 aromatic heterocycles. The molecule has 29 N–H and O–H groups in total. The number of phenols is 29. The fourth-order valence-electron chi connectivity index (χ4n) is 9.55. The number of hydrogen-bond acceptors (Lipinski definition) is 30. The van der Waals surface area contributed by atoms with Crippen molar-refractivity contribution in [3.05, 3.63) is 6.04 Å². The number of rotatable bonds is 4. The van der Waals surface area contributed by atoms with Crippen LogP contribution in [0.4, 0.5) is 0 Å². The molecule has 0 spiro atoms. The van der Waals surface area contributed by atoms with E-state index in [4.69, 9.17) is 5.79 Å². The molecular formula is C48H30O30. The quantitative estimate of drug-likeness (QED) is 0.0613. The molecular weight excluding hydrogens is 1060 g/mol. The largest absolute Gasteiger partial charge is 0.507 e. The van der Waals surface area contributed by atoms with Crippen molar-refractivity contribution < 1.29 is 154 Å². The fourth-order valence-corrected chi connectivity index (χ4v) is 9.55. The smallest absolute Gasteiger partial charge is 0.208 e. The Morgan fingerprint density at radius 3 is 0.885 bits per heavy atom. The molecule has 9 aromatic carbocycles. The van der Waals surface area contributed by atoms with E-state index in [0.717, 1.165) is 0 Å². The third-order valence-corrected chi connectivity index (χ3v) is 13.1. The van der Waals surface area contributed by atoms with Gasteiger partial charge in [-0.1, -0.05) is 0 Å². The van der Waals surface area contributed by atoms with Crippen LogP contribution in [0.15, 0.2) is 10.5 Å². The Balaban J connectivity index is 1.48. The van der Waals surface area contributed by atoms with Gasteiger partial charge in [-0.15, -0.1) is 0 Å². The molecule has 0 radical (unpaired) electrons. The van der Waals surface area contributed by atoms with Gasteiger partial charge in [-0.25, -0.2) is 0 Å². The van der Waals surface area contributed by atoms with E-state index in [0.29, 0.717) is 0 Å². The lowest BCUT2D eigenvalue weighted by molar-refractivity contribution is 0.329. The van der Waals surface area contributed by atoms with E-state index in [9.17, 15) is 148 Å². The second-order valence-corrected chi connectivity index (χ2v) is 17.0. The maximum atomic E-state index is 12.4. The zero-order valence-electron chi connectivity index (χ0n) is 38.4. The highest BCUT2D eigenvalue weighted by Gasteiger charge is 2.41. The lowest BCUT2D eigenvalue weighted by Crippen LogP contribution is -1.98. The second-order valence-electron chi connectivity index (χ2n) is 17.0. The summed E-state index contributed by atoms with van der Waals surface area (Å²) in [5.41, 5.74) is -14.8. The highest BCUT2D eigenvalue weighted by molar-refractivity contribution is 6.33. The molecule has 0 saturated carbocycles. The van der Waals surface area contributed by atoms with Gasteiger partial charge in [0.15, 0.2) is 91.7 Å². The molecule has 0 unspecified atom stereocenters. The number of benzene rings is 9. The van der Waals surface area contributed by atoms with Crippen molar-refractivity contribution in [3.63, 3.8) is 0 Å². The predicted molar refractivity (Wildman–Crippen MR) is 256 cm³/mol. The Hall–Kier alpha value is -12.2. The van der Waals surface area contributed by atoms with E-state index in [2.05, 4.69) is 0 Å². The van der Waals surface area contributed by atoms with E-state index in [1.165, 1.54) is 0 Å². The average molecular weight is 1090 g/mol. The lowest BCUT2D eigenvalue weighted by atomic mass is 9.80. The highest BCUT2D eigenvalue weighted by atomic mass is 16.4. The van der Waals surface area contributed by atoms with Gasteiger partial charge in [0.05, 0.1) is 39.6 Å². The standard InChI is InChI=1S/C48H30O30/c49-3-1-2(19(50)23(54)5(3)13-29(60)43(74)45(76)44(75)30(13)61)4-8(24(55)36(67)35(66)22(4)53)6-9-11(27(58)39(70)37(68)25(9)56)7(12-10(6)26(57)38(69)40(71)28(12)59)14-20(51)18-17-21(52)15-16(32(63)42(73)41(72)31(15)62)34(65)47(17)78-48(18)46(77)33(14)64/h1,49-77H/i1D. The maximum absolute atomic E-state index is 12.4. The Kier molecular flexibility index (Phi) is 9.49. The van der Waals surface area contributed by atoms with E-state index in [1.54, 1.807) is 0 Å². The summed E-state index contributed by atoms with van der Waals surface area (Å²) < 4.78 is 14.4. The number of aromatic hydroxyl groups is 29. The Bertz CT molecular complexity index is 4460. The van der Waals surface area contributed by atoms with Crippen LogP contribution in [0.3, 0.4) is 0 Å². The molecule has 10 rings (SSSR count). The van der Waals surface area contributed by atoms with Gasteiger partial charge in [0.2, 0.25) is 69.0 Å². The molecule has 30 nitrogen and oxygen atoms in total. The molecule has 0 aliphatic carbocycles. The van der Waals surface area contributed by atoms with Gasteiger partial charge >= 0.3 is 0 Å². The Morgan fingerprint density at radius 2 is 0.462 bits per heavy atom. The van der Waals surface area contributed by atoms with Gasteiger partial charge in [-0.2, -0.15) is 0 Å². The summed E-state index contributed by atoms with van der Waals surface area (Å²) in [7, 11) is 0. The third-order valence-electron chi connectivity index (χ3n) is 13.1. The molecule has 0 aliphatic rings. The van der Waals surface area contributed by atoms with Crippen molar-refractivity contribution in [1.82, 2.24) is 0 Å². The molecule has 1 heterocycles. The number of phenolic OH excluding ortho intramolecular Hbond substituents is 29. The third kappa shape index (κ3) is 5.60. The summed E-state index contributed by atoms with van der Waals surface area (Å²) in [5.74, 6) is -50.2. The molecule has 0 fully saturated rings. The first-order valence-electron chi connectivity index (χ1n) is 21.4. The van der Waals surface area contributed by atoms with Crippen LogP contribution >= 0.6 is 0 Å². The van der Waals surface area contributed by atoms with Gasteiger partial charge in [0, 0.05) is 49.4 Å². The van der Waals surface area contributed by atoms with Crippen molar-refractivity contribution in [1.29, 1.82) is 0 Å². The topological polar surface area (TPSA) is 600 Å². The van der Waals surface area contributed by atoms with Gasteiger partial charge in [-0.3, -0.25) is 0 Å². The highest BCUT2D eigenvalue weighted by Crippen LogP contribution is 2.70. The number of fused-ring (bicyclic) bond motifs is 6. The molecule has 10 aromatic rings. The summed E-state index contributed by atoms with van der Waals surface area (Å²) in [5, 5.41) is 315. The van der Waals surface area contributed by atoms with E-state index >= 15 is 0 Å². The van der Waals surface area contributed by atoms with Crippen LogP contribution in [-0.4, -0.2) is 148 Å². The summed E-state index contributed by atoms with van der Waals surface area (Å²) in [6, 6.07) is -1.73. The van der Waals surface area contributed by atoms with Crippen molar-refractivity contribution in [3.8, 4) is 211 Å². The minimum absolute atomic E-state index is 1.07. The Morgan fingerprint density at radius 1 is 0.192 bits per heavy atom. The molecule has 0 bridgehead atoms. The van der Waals surface area contributed by atoms with Crippen LogP contribution < -0.4 is 0 Å². The summed E-state index contributed by atoms with van der Waals surface area (Å²) in [6.45, 7) is 0. The molecule has 402 valence electrons. The first-order valence-corrected chi connectivity index (χ1v) is 20.9. The molecule has 0 atom stereocenters. The molecule has 78 heavy (non-hydrogen) atoms. The van der Waals surface area contributed by atoms with Gasteiger partial charge in [0.25, 0.3) is 0 Å². The number of hydrogen-bond donors (Lipinski definition) is 29. The summed E-state index contributed by atoms with van der Waals surface area (Å²) in [6.07, 6.45) is 0. The van der Waals surface area contributed by atoms with Crippen molar-refractivity contribution in [2.24, 2.45) is 0 Å². The summed E-state index contributed by atoms with van der Waals surface area (Å²) >= 11 is 0. The lowest BCUT2D eigenvalue weighted by Gasteiger charge is -2.25. The summed E-state index contributed by atoms with van der Waals surface area (Å²) in [4.78, 5) is 0. The van der Waals surface area contributed by atoms with Crippen LogP contribution in [0.5, 0.6) is 167 Å². The van der Waals surface area contributed by atoms with Gasteiger partial charge in [-0.05, 0) is 6.04 Å². The van der Waals surface area contributed by atoms with Crippen LogP contribution in [-0.2, 0) is 0 Å². The predicted octanol–water partition coefficient (Wildman–Crippen LogP) is 5.18. The fraction of sp³-hybridized carbons (Fsp3) is 0.